The van der Waals surface area contributed by atoms with E-state index in [1.54, 1.807) is 18.3 Å². The van der Waals surface area contributed by atoms with E-state index in [0.717, 1.165) is 5.56 Å². The molecule has 6 heteroatoms. The van der Waals surface area contributed by atoms with Crippen molar-refractivity contribution >= 4 is 12.0 Å². The molecule has 1 N–H and O–H groups in total. The Hall–Kier alpha value is -2.11. The number of nitrogens with zero attached hydrogens (tertiary/aromatic N) is 2. The Morgan fingerprint density at radius 2 is 2.28 bits per heavy atom. The Balaban J connectivity index is 2.11. The molecule has 0 saturated carbocycles. The van der Waals surface area contributed by atoms with Gasteiger partial charge in [-0.2, -0.15) is 0 Å². The molecule has 2 rings (SSSR count). The number of rotatable bonds is 2. The average molecular weight is 249 g/mol. The van der Waals surface area contributed by atoms with Gasteiger partial charge in [0.15, 0.2) is 0 Å². The first kappa shape index (κ1) is 12.3. The molecule has 0 bridgehead atoms. The van der Waals surface area contributed by atoms with Crippen LogP contribution in [0, 0.1) is 0 Å². The number of hydrogen-bond acceptors (Lipinski definition) is 5. The van der Waals surface area contributed by atoms with Gasteiger partial charge in [0.2, 0.25) is 11.8 Å². The molecule has 0 spiro atoms. The fraction of sp³-hybridized carbons (Fsp3) is 0.417. The molecule has 1 amide bonds. The van der Waals surface area contributed by atoms with Crippen LogP contribution in [0.25, 0.3) is 0 Å². The molecule has 1 aliphatic rings. The Bertz CT molecular complexity index is 480. The quantitative estimate of drug-likeness (QED) is 0.858. The molecular weight excluding hydrogens is 234 g/mol. The van der Waals surface area contributed by atoms with E-state index >= 15 is 0 Å². The second-order valence-corrected chi connectivity index (χ2v) is 4.54. The number of pyridine rings is 1. The smallest absolute Gasteiger partial charge is 0.413 e. The molecule has 2 heterocycles. The predicted molar refractivity (Wildman–Crippen MR) is 65.9 cm³/mol. The highest BCUT2D eigenvalue weighted by Gasteiger charge is 2.27. The standard InChI is InChI=1S/C12H15N3O3/c1-12(2)7-17-10(15-12)8-4-5-9(14-6-8)18-11(16)13-3/h4-6H,7H2,1-3H3,(H,13,16). The van der Waals surface area contributed by atoms with Crippen molar-refractivity contribution in [1.82, 2.24) is 10.3 Å². The van der Waals surface area contributed by atoms with Crippen molar-refractivity contribution in [1.29, 1.82) is 0 Å². The van der Waals surface area contributed by atoms with E-state index in [1.807, 2.05) is 13.8 Å². The molecular formula is C12H15N3O3. The van der Waals surface area contributed by atoms with E-state index in [0.29, 0.717) is 12.5 Å². The highest BCUT2D eigenvalue weighted by atomic mass is 16.6. The van der Waals surface area contributed by atoms with Gasteiger partial charge >= 0.3 is 6.09 Å². The Morgan fingerprint density at radius 1 is 1.50 bits per heavy atom. The summed E-state index contributed by atoms with van der Waals surface area (Å²) in [6, 6.07) is 3.35. The van der Waals surface area contributed by atoms with Crippen LogP contribution in [0.2, 0.25) is 0 Å². The first-order chi connectivity index (χ1) is 8.50. The van der Waals surface area contributed by atoms with Crippen molar-refractivity contribution in [3.05, 3.63) is 23.9 Å². The van der Waals surface area contributed by atoms with Crippen LogP contribution in [-0.4, -0.2) is 36.2 Å². The van der Waals surface area contributed by atoms with Gasteiger partial charge in [-0.3, -0.25) is 0 Å². The Kier molecular flexibility index (Phi) is 3.18. The third kappa shape index (κ3) is 2.77. The fourth-order valence-electron chi connectivity index (χ4n) is 1.45. The van der Waals surface area contributed by atoms with Gasteiger partial charge in [-0.05, 0) is 19.9 Å². The molecule has 1 aromatic heterocycles. The van der Waals surface area contributed by atoms with Crippen LogP contribution < -0.4 is 10.1 Å². The van der Waals surface area contributed by atoms with Gasteiger partial charge < -0.3 is 14.8 Å². The highest BCUT2D eigenvalue weighted by molar-refractivity contribution is 5.95. The van der Waals surface area contributed by atoms with E-state index in [9.17, 15) is 4.79 Å². The molecule has 0 saturated heterocycles. The summed E-state index contributed by atoms with van der Waals surface area (Å²) in [5.41, 5.74) is 0.567. The zero-order valence-electron chi connectivity index (χ0n) is 10.6. The maximum absolute atomic E-state index is 11.0. The molecule has 6 nitrogen and oxygen atoms in total. The van der Waals surface area contributed by atoms with Gasteiger partial charge in [0, 0.05) is 19.3 Å². The summed E-state index contributed by atoms with van der Waals surface area (Å²) in [5, 5.41) is 2.34. The van der Waals surface area contributed by atoms with Crippen LogP contribution in [0.4, 0.5) is 4.79 Å². The van der Waals surface area contributed by atoms with Gasteiger partial charge in [0.1, 0.15) is 6.61 Å². The molecule has 1 aliphatic heterocycles. The number of aromatic nitrogens is 1. The number of carbonyl (C=O) groups excluding carboxylic acids is 1. The number of amides is 1. The van der Waals surface area contributed by atoms with Crippen molar-refractivity contribution in [2.24, 2.45) is 4.99 Å². The number of nitrogens with one attached hydrogen (secondary N) is 1. The minimum atomic E-state index is -0.550. The molecule has 0 fully saturated rings. The van der Waals surface area contributed by atoms with Crippen LogP contribution in [0.3, 0.4) is 0 Å². The van der Waals surface area contributed by atoms with Crippen molar-refractivity contribution in [3.8, 4) is 5.88 Å². The van der Waals surface area contributed by atoms with Crippen molar-refractivity contribution in [2.45, 2.75) is 19.4 Å². The van der Waals surface area contributed by atoms with Gasteiger partial charge in [-0.1, -0.05) is 0 Å². The van der Waals surface area contributed by atoms with Gasteiger partial charge in [0.05, 0.1) is 11.1 Å². The van der Waals surface area contributed by atoms with Crippen LogP contribution in [0.5, 0.6) is 5.88 Å². The fourth-order valence-corrected chi connectivity index (χ4v) is 1.45. The number of aliphatic imine (C=N–C) groups is 1. The summed E-state index contributed by atoms with van der Waals surface area (Å²) in [7, 11) is 1.49. The van der Waals surface area contributed by atoms with Crippen LogP contribution >= 0.6 is 0 Å². The molecule has 0 aliphatic carbocycles. The van der Waals surface area contributed by atoms with Crippen LogP contribution in [-0.2, 0) is 4.74 Å². The summed E-state index contributed by atoms with van der Waals surface area (Å²) in [5.74, 6) is 0.801. The van der Waals surface area contributed by atoms with Gasteiger partial charge in [0.25, 0.3) is 0 Å². The molecule has 0 radical (unpaired) electrons. The third-order valence-electron chi connectivity index (χ3n) is 2.35. The zero-order chi connectivity index (χ0) is 13.2. The first-order valence-corrected chi connectivity index (χ1v) is 5.59. The lowest BCUT2D eigenvalue weighted by Gasteiger charge is -2.07. The number of carbonyl (C=O) groups is 1. The van der Waals surface area contributed by atoms with E-state index in [2.05, 4.69) is 15.3 Å². The molecule has 0 atom stereocenters. The predicted octanol–water partition coefficient (Wildman–Crippen LogP) is 1.36. The lowest BCUT2D eigenvalue weighted by Crippen LogP contribution is -2.22. The third-order valence-corrected chi connectivity index (χ3v) is 2.35. The van der Waals surface area contributed by atoms with Crippen LogP contribution in [0.15, 0.2) is 23.3 Å². The zero-order valence-corrected chi connectivity index (χ0v) is 10.6. The maximum atomic E-state index is 11.0. The molecule has 0 unspecified atom stereocenters. The second-order valence-electron chi connectivity index (χ2n) is 4.54. The minimum Gasteiger partial charge on any atom is -0.475 e. The van der Waals surface area contributed by atoms with E-state index in [1.165, 1.54) is 7.05 Å². The summed E-state index contributed by atoms with van der Waals surface area (Å²) >= 11 is 0. The number of ether oxygens (including phenoxy) is 2. The molecule has 1 aromatic rings. The Morgan fingerprint density at radius 3 is 2.78 bits per heavy atom. The van der Waals surface area contributed by atoms with Crippen molar-refractivity contribution in [2.75, 3.05) is 13.7 Å². The maximum Gasteiger partial charge on any atom is 0.413 e. The van der Waals surface area contributed by atoms with E-state index < -0.39 is 6.09 Å². The van der Waals surface area contributed by atoms with Gasteiger partial charge in [-0.25, -0.2) is 14.8 Å². The van der Waals surface area contributed by atoms with E-state index in [-0.39, 0.29) is 11.4 Å². The highest BCUT2D eigenvalue weighted by Crippen LogP contribution is 2.20. The SMILES string of the molecule is CNC(=O)Oc1ccc(C2=NC(C)(C)CO2)cn1. The van der Waals surface area contributed by atoms with Crippen molar-refractivity contribution < 1.29 is 14.3 Å². The molecule has 18 heavy (non-hydrogen) atoms. The van der Waals surface area contributed by atoms with E-state index in [4.69, 9.17) is 9.47 Å². The lowest BCUT2D eigenvalue weighted by atomic mass is 10.1. The first-order valence-electron chi connectivity index (χ1n) is 5.59. The normalized spacial score (nSPS) is 16.7. The summed E-state index contributed by atoms with van der Waals surface area (Å²) in [4.78, 5) is 19.4. The molecule has 0 aromatic carbocycles. The Labute approximate surface area is 105 Å². The minimum absolute atomic E-state index is 0.202. The van der Waals surface area contributed by atoms with Gasteiger partial charge in [-0.15, -0.1) is 0 Å². The topological polar surface area (TPSA) is 72.8 Å². The van der Waals surface area contributed by atoms with Crippen LogP contribution in [0.1, 0.15) is 19.4 Å². The number of hydrogen-bond donors (Lipinski definition) is 1. The summed E-state index contributed by atoms with van der Waals surface area (Å²) in [6.07, 6.45) is 1.02. The molecule has 96 valence electrons. The second kappa shape index (κ2) is 4.64. The monoisotopic (exact) mass is 249 g/mol. The summed E-state index contributed by atoms with van der Waals surface area (Å²) in [6.45, 7) is 4.55. The lowest BCUT2D eigenvalue weighted by molar-refractivity contribution is 0.201. The summed E-state index contributed by atoms with van der Waals surface area (Å²) < 4.78 is 10.4. The largest absolute Gasteiger partial charge is 0.475 e. The average Bonchev–Trinajstić information content (AvgIpc) is 2.70. The van der Waals surface area contributed by atoms with Crippen molar-refractivity contribution in [3.63, 3.8) is 0 Å².